The van der Waals surface area contributed by atoms with Crippen LogP contribution in [0.5, 0.6) is 0 Å². The fourth-order valence-electron chi connectivity index (χ4n) is 2.47. The number of carbonyl (C=O) groups excluding carboxylic acids is 1. The van der Waals surface area contributed by atoms with Crippen molar-refractivity contribution >= 4 is 23.2 Å². The summed E-state index contributed by atoms with van der Waals surface area (Å²) in [6.45, 7) is 3.92. The molecule has 6 heteroatoms. The molecule has 1 heterocycles. The van der Waals surface area contributed by atoms with Crippen LogP contribution in [0.4, 0.5) is 21.7 Å². The Morgan fingerprint density at radius 1 is 1.04 bits per heavy atom. The van der Waals surface area contributed by atoms with Gasteiger partial charge in [-0.15, -0.1) is 0 Å². The Morgan fingerprint density at radius 3 is 2.48 bits per heavy atom. The normalized spacial score (nSPS) is 10.4. The van der Waals surface area contributed by atoms with Crippen molar-refractivity contribution in [2.24, 2.45) is 0 Å². The highest BCUT2D eigenvalue weighted by molar-refractivity contribution is 6.03. The highest BCUT2D eigenvalue weighted by Crippen LogP contribution is 2.18. The fraction of sp³-hybridized carbons (Fsp3) is 0.105. The van der Waals surface area contributed by atoms with Gasteiger partial charge in [0.15, 0.2) is 0 Å². The predicted octanol–water partition coefficient (Wildman–Crippen LogP) is 4.23. The van der Waals surface area contributed by atoms with Gasteiger partial charge >= 0.3 is 0 Å². The smallest absolute Gasteiger partial charge is 0.274 e. The Bertz CT molecular complexity index is 907. The summed E-state index contributed by atoms with van der Waals surface area (Å²) in [6.07, 6.45) is 1.45. The molecule has 1 amide bonds. The Labute approximate surface area is 145 Å². The quantitative estimate of drug-likeness (QED) is 0.748. The standard InChI is InChI=1S/C19H17FN4O/c1-12-9-13(2)11-14(10-12)22-18(25)17-7-8-21-19(24-17)23-16-6-4-3-5-15(16)20/h3-11H,1-2H3,(H,22,25)(H,21,23,24). The maximum absolute atomic E-state index is 13.7. The molecule has 0 aliphatic carbocycles. The number of amides is 1. The summed E-state index contributed by atoms with van der Waals surface area (Å²) < 4.78 is 13.7. The molecule has 0 aliphatic heterocycles. The number of para-hydroxylation sites is 1. The van der Waals surface area contributed by atoms with Crippen LogP contribution in [-0.4, -0.2) is 15.9 Å². The van der Waals surface area contributed by atoms with Crippen molar-refractivity contribution in [2.75, 3.05) is 10.6 Å². The Morgan fingerprint density at radius 2 is 1.76 bits per heavy atom. The summed E-state index contributed by atoms with van der Waals surface area (Å²) in [7, 11) is 0. The molecule has 3 rings (SSSR count). The second kappa shape index (κ2) is 7.09. The average molecular weight is 336 g/mol. The second-order valence-electron chi connectivity index (χ2n) is 5.70. The van der Waals surface area contributed by atoms with Gasteiger partial charge in [-0.2, -0.15) is 0 Å². The van der Waals surface area contributed by atoms with Crippen LogP contribution in [0.1, 0.15) is 21.6 Å². The molecule has 0 saturated carbocycles. The Balaban J connectivity index is 1.78. The summed E-state index contributed by atoms with van der Waals surface area (Å²) in [5.74, 6) is -0.627. The van der Waals surface area contributed by atoms with Gasteiger partial charge in [-0.25, -0.2) is 14.4 Å². The molecule has 2 N–H and O–H groups in total. The first kappa shape index (κ1) is 16.6. The van der Waals surface area contributed by atoms with Crippen LogP contribution in [0.25, 0.3) is 0 Å². The molecular weight excluding hydrogens is 319 g/mol. The van der Waals surface area contributed by atoms with Crippen molar-refractivity contribution in [3.05, 3.63) is 77.4 Å². The number of aryl methyl sites for hydroxylation is 2. The van der Waals surface area contributed by atoms with E-state index in [2.05, 4.69) is 20.6 Å². The van der Waals surface area contributed by atoms with Crippen LogP contribution in [0.2, 0.25) is 0 Å². The molecule has 0 unspecified atom stereocenters. The number of hydrogen-bond donors (Lipinski definition) is 2. The van der Waals surface area contributed by atoms with E-state index in [1.807, 2.05) is 32.0 Å². The van der Waals surface area contributed by atoms with Gasteiger partial charge in [-0.1, -0.05) is 18.2 Å². The minimum absolute atomic E-state index is 0.151. The molecule has 0 fully saturated rings. The van der Waals surface area contributed by atoms with Crippen LogP contribution in [0, 0.1) is 19.7 Å². The number of carbonyl (C=O) groups is 1. The minimum Gasteiger partial charge on any atom is -0.322 e. The molecule has 3 aromatic rings. The third-order valence-electron chi connectivity index (χ3n) is 3.49. The van der Waals surface area contributed by atoms with Crippen LogP contribution in [0.3, 0.4) is 0 Å². The SMILES string of the molecule is Cc1cc(C)cc(NC(=O)c2ccnc(Nc3ccccc3F)n2)c1. The first-order chi connectivity index (χ1) is 12.0. The van der Waals surface area contributed by atoms with Gasteiger partial charge in [-0.05, 0) is 55.3 Å². The topological polar surface area (TPSA) is 66.9 Å². The first-order valence-electron chi connectivity index (χ1n) is 7.75. The molecular formula is C19H17FN4O. The largest absolute Gasteiger partial charge is 0.322 e. The molecule has 1 aromatic heterocycles. The Kier molecular flexibility index (Phi) is 4.70. The lowest BCUT2D eigenvalue weighted by atomic mass is 10.1. The number of hydrogen-bond acceptors (Lipinski definition) is 4. The zero-order valence-electron chi connectivity index (χ0n) is 13.9. The maximum Gasteiger partial charge on any atom is 0.274 e. The summed E-state index contributed by atoms with van der Waals surface area (Å²) >= 11 is 0. The number of rotatable bonds is 4. The van der Waals surface area contributed by atoms with Gasteiger partial charge in [0.1, 0.15) is 11.5 Å². The van der Waals surface area contributed by atoms with Crippen LogP contribution < -0.4 is 10.6 Å². The first-order valence-corrected chi connectivity index (χ1v) is 7.75. The molecule has 0 spiro atoms. The van der Waals surface area contributed by atoms with E-state index in [1.54, 1.807) is 18.2 Å². The summed E-state index contributed by atoms with van der Waals surface area (Å²) in [5, 5.41) is 5.58. The summed E-state index contributed by atoms with van der Waals surface area (Å²) in [6, 6.07) is 13.5. The second-order valence-corrected chi connectivity index (χ2v) is 5.70. The molecule has 0 saturated heterocycles. The highest BCUT2D eigenvalue weighted by Gasteiger charge is 2.11. The number of nitrogens with one attached hydrogen (secondary N) is 2. The maximum atomic E-state index is 13.7. The molecule has 2 aromatic carbocycles. The van der Waals surface area contributed by atoms with Crippen LogP contribution in [0.15, 0.2) is 54.7 Å². The molecule has 0 bridgehead atoms. The van der Waals surface area contributed by atoms with E-state index >= 15 is 0 Å². The van der Waals surface area contributed by atoms with E-state index in [1.165, 1.54) is 18.3 Å². The lowest BCUT2D eigenvalue weighted by Crippen LogP contribution is -2.15. The molecule has 126 valence electrons. The van der Waals surface area contributed by atoms with Gasteiger partial charge < -0.3 is 10.6 Å². The number of aromatic nitrogens is 2. The van der Waals surface area contributed by atoms with Crippen molar-refractivity contribution in [1.29, 1.82) is 0 Å². The fourth-order valence-corrected chi connectivity index (χ4v) is 2.47. The lowest BCUT2D eigenvalue weighted by molar-refractivity contribution is 0.102. The zero-order chi connectivity index (χ0) is 17.8. The molecule has 5 nitrogen and oxygen atoms in total. The van der Waals surface area contributed by atoms with Gasteiger partial charge in [0, 0.05) is 11.9 Å². The van der Waals surface area contributed by atoms with E-state index in [0.29, 0.717) is 5.69 Å². The zero-order valence-corrected chi connectivity index (χ0v) is 13.9. The summed E-state index contributed by atoms with van der Waals surface area (Å²) in [5.41, 5.74) is 3.24. The van der Waals surface area contributed by atoms with Crippen molar-refractivity contribution in [3.8, 4) is 0 Å². The third-order valence-corrected chi connectivity index (χ3v) is 3.49. The number of benzene rings is 2. The van der Waals surface area contributed by atoms with E-state index in [-0.39, 0.29) is 23.2 Å². The van der Waals surface area contributed by atoms with Gasteiger partial charge in [0.05, 0.1) is 5.69 Å². The van der Waals surface area contributed by atoms with Crippen LogP contribution >= 0.6 is 0 Å². The number of halogens is 1. The van der Waals surface area contributed by atoms with Crippen molar-refractivity contribution < 1.29 is 9.18 Å². The monoisotopic (exact) mass is 336 g/mol. The van der Waals surface area contributed by atoms with Crippen molar-refractivity contribution in [3.63, 3.8) is 0 Å². The Hall–Kier alpha value is -3.28. The molecule has 0 radical (unpaired) electrons. The van der Waals surface area contributed by atoms with Gasteiger partial charge in [0.2, 0.25) is 5.95 Å². The van der Waals surface area contributed by atoms with Gasteiger partial charge in [0.25, 0.3) is 5.91 Å². The van der Waals surface area contributed by atoms with E-state index < -0.39 is 5.82 Å². The third kappa shape index (κ3) is 4.17. The molecule has 0 aliphatic rings. The molecule has 25 heavy (non-hydrogen) atoms. The summed E-state index contributed by atoms with van der Waals surface area (Å²) in [4.78, 5) is 20.6. The highest BCUT2D eigenvalue weighted by atomic mass is 19.1. The average Bonchev–Trinajstić information content (AvgIpc) is 2.56. The van der Waals surface area contributed by atoms with E-state index in [0.717, 1.165) is 11.1 Å². The number of nitrogens with zero attached hydrogens (tertiary/aromatic N) is 2. The minimum atomic E-state index is -0.420. The van der Waals surface area contributed by atoms with Crippen molar-refractivity contribution in [1.82, 2.24) is 9.97 Å². The lowest BCUT2D eigenvalue weighted by Gasteiger charge is -2.09. The van der Waals surface area contributed by atoms with Crippen LogP contribution in [-0.2, 0) is 0 Å². The predicted molar refractivity (Wildman–Crippen MR) is 95.6 cm³/mol. The van der Waals surface area contributed by atoms with E-state index in [9.17, 15) is 9.18 Å². The number of anilines is 3. The van der Waals surface area contributed by atoms with E-state index in [4.69, 9.17) is 0 Å². The van der Waals surface area contributed by atoms with Gasteiger partial charge in [-0.3, -0.25) is 4.79 Å². The molecule has 0 atom stereocenters. The van der Waals surface area contributed by atoms with Crippen molar-refractivity contribution in [2.45, 2.75) is 13.8 Å².